The third kappa shape index (κ3) is 3.55. The maximum Gasteiger partial charge on any atom is 0.337 e. The molecule has 3 rings (SSSR count). The summed E-state index contributed by atoms with van der Waals surface area (Å²) in [6.45, 7) is 6.17. The topological polar surface area (TPSA) is 94.7 Å². The number of hydrogen-bond acceptors (Lipinski definition) is 7. The van der Waals surface area contributed by atoms with Crippen molar-refractivity contribution in [2.75, 3.05) is 6.61 Å². The molecule has 2 N–H and O–H groups in total. The zero-order chi connectivity index (χ0) is 18.9. The van der Waals surface area contributed by atoms with Gasteiger partial charge in [0.2, 0.25) is 0 Å². The van der Waals surface area contributed by atoms with Crippen LogP contribution in [-0.4, -0.2) is 57.6 Å². The van der Waals surface area contributed by atoms with Crippen molar-refractivity contribution in [3.8, 4) is 0 Å². The molecular formula is C19H29N3O4. The lowest BCUT2D eigenvalue weighted by molar-refractivity contribution is -0.173. The van der Waals surface area contributed by atoms with Gasteiger partial charge in [0.25, 0.3) is 0 Å². The number of carbonyl (C=O) groups is 1. The van der Waals surface area contributed by atoms with E-state index in [2.05, 4.69) is 25.0 Å². The number of nitrogens with zero attached hydrogens (tertiary/aromatic N) is 3. The van der Waals surface area contributed by atoms with Gasteiger partial charge in [0, 0.05) is 30.0 Å². The average molecular weight is 363 g/mol. The van der Waals surface area contributed by atoms with Gasteiger partial charge in [-0.3, -0.25) is 4.99 Å². The monoisotopic (exact) mass is 363 g/mol. The first-order valence-electron chi connectivity index (χ1n) is 9.53. The van der Waals surface area contributed by atoms with E-state index < -0.39 is 17.7 Å². The fraction of sp³-hybridized carbons (Fsp3) is 0.737. The largest absolute Gasteiger partial charge is 0.464 e. The Kier molecular flexibility index (Phi) is 5.48. The van der Waals surface area contributed by atoms with Crippen molar-refractivity contribution in [1.82, 2.24) is 5.01 Å². The van der Waals surface area contributed by atoms with Crippen molar-refractivity contribution in [2.24, 2.45) is 21.9 Å². The SMILES string of the molecule is CCOC(=O)C(O)C1(O)CCC(C2=NC3CC=NN3C(C(C)C)=C2)CC1. The molecule has 2 unspecified atom stereocenters. The summed E-state index contributed by atoms with van der Waals surface area (Å²) in [5, 5.41) is 27.3. The number of esters is 1. The van der Waals surface area contributed by atoms with Crippen molar-refractivity contribution in [3.63, 3.8) is 0 Å². The van der Waals surface area contributed by atoms with Crippen LogP contribution in [0.4, 0.5) is 0 Å². The Balaban J connectivity index is 1.69. The molecule has 144 valence electrons. The number of hydrazone groups is 1. The minimum atomic E-state index is -1.49. The molecule has 2 aliphatic heterocycles. The molecule has 1 saturated carbocycles. The summed E-state index contributed by atoms with van der Waals surface area (Å²) < 4.78 is 4.85. The molecular weight excluding hydrogens is 334 g/mol. The number of rotatable bonds is 5. The van der Waals surface area contributed by atoms with E-state index in [0.717, 1.165) is 12.1 Å². The molecule has 0 aromatic carbocycles. The fourth-order valence-corrected chi connectivity index (χ4v) is 3.96. The summed E-state index contributed by atoms with van der Waals surface area (Å²) in [4.78, 5) is 16.7. The van der Waals surface area contributed by atoms with E-state index in [-0.39, 0.29) is 18.7 Å². The van der Waals surface area contributed by atoms with Crippen LogP contribution in [0.2, 0.25) is 0 Å². The van der Waals surface area contributed by atoms with Crippen LogP contribution in [0, 0.1) is 11.8 Å². The Morgan fingerprint density at radius 3 is 2.73 bits per heavy atom. The zero-order valence-corrected chi connectivity index (χ0v) is 15.8. The van der Waals surface area contributed by atoms with Crippen molar-refractivity contribution in [3.05, 3.63) is 11.8 Å². The highest BCUT2D eigenvalue weighted by molar-refractivity contribution is 5.98. The number of allylic oxidation sites excluding steroid dienone is 2. The molecule has 0 aromatic heterocycles. The molecule has 1 aliphatic carbocycles. The fourth-order valence-electron chi connectivity index (χ4n) is 3.96. The number of ether oxygens (including phenoxy) is 1. The predicted octanol–water partition coefficient (Wildman–Crippen LogP) is 1.84. The number of aliphatic hydroxyl groups excluding tert-OH is 1. The Morgan fingerprint density at radius 2 is 2.12 bits per heavy atom. The second kappa shape index (κ2) is 7.48. The van der Waals surface area contributed by atoms with Crippen LogP contribution in [0.5, 0.6) is 0 Å². The third-order valence-electron chi connectivity index (χ3n) is 5.54. The molecule has 3 aliphatic rings. The van der Waals surface area contributed by atoms with E-state index in [0.29, 0.717) is 31.6 Å². The molecule has 2 heterocycles. The van der Waals surface area contributed by atoms with Crippen LogP contribution >= 0.6 is 0 Å². The zero-order valence-electron chi connectivity index (χ0n) is 15.8. The van der Waals surface area contributed by atoms with Crippen LogP contribution < -0.4 is 0 Å². The van der Waals surface area contributed by atoms with Crippen LogP contribution in [0.25, 0.3) is 0 Å². The lowest BCUT2D eigenvalue weighted by Crippen LogP contribution is -2.50. The maximum absolute atomic E-state index is 11.8. The third-order valence-corrected chi connectivity index (χ3v) is 5.54. The molecule has 2 atom stereocenters. The first-order chi connectivity index (χ1) is 12.4. The van der Waals surface area contributed by atoms with Gasteiger partial charge in [0.05, 0.1) is 6.61 Å². The van der Waals surface area contributed by atoms with E-state index in [1.54, 1.807) is 6.92 Å². The number of aliphatic imine (C=N–C) groups is 1. The molecule has 7 heteroatoms. The van der Waals surface area contributed by atoms with Gasteiger partial charge in [-0.2, -0.15) is 5.10 Å². The predicted molar refractivity (Wildman–Crippen MR) is 98.6 cm³/mol. The minimum Gasteiger partial charge on any atom is -0.464 e. The van der Waals surface area contributed by atoms with Crippen LogP contribution in [0.3, 0.4) is 0 Å². The van der Waals surface area contributed by atoms with Gasteiger partial charge in [0.15, 0.2) is 6.10 Å². The normalized spacial score (nSPS) is 32.2. The summed E-state index contributed by atoms with van der Waals surface area (Å²) in [5.41, 5.74) is 0.805. The van der Waals surface area contributed by atoms with Gasteiger partial charge in [-0.05, 0) is 44.6 Å². The van der Waals surface area contributed by atoms with Gasteiger partial charge in [0.1, 0.15) is 11.8 Å². The summed E-state index contributed by atoms with van der Waals surface area (Å²) >= 11 is 0. The van der Waals surface area contributed by atoms with E-state index >= 15 is 0 Å². The Labute approximate surface area is 154 Å². The summed E-state index contributed by atoms with van der Waals surface area (Å²) in [5.74, 6) is -0.172. The maximum atomic E-state index is 11.8. The second-order valence-electron chi connectivity index (χ2n) is 7.67. The highest BCUT2D eigenvalue weighted by Crippen LogP contribution is 2.38. The highest BCUT2D eigenvalue weighted by Gasteiger charge is 2.45. The molecule has 26 heavy (non-hydrogen) atoms. The number of carbonyl (C=O) groups excluding carboxylic acids is 1. The average Bonchev–Trinajstić information content (AvgIpc) is 3.09. The first-order valence-corrected chi connectivity index (χ1v) is 9.53. The number of hydrogen-bond donors (Lipinski definition) is 2. The van der Waals surface area contributed by atoms with Gasteiger partial charge >= 0.3 is 5.97 Å². The molecule has 0 saturated heterocycles. The molecule has 7 nitrogen and oxygen atoms in total. The summed E-state index contributed by atoms with van der Waals surface area (Å²) in [7, 11) is 0. The first kappa shape index (κ1) is 19.0. The van der Waals surface area contributed by atoms with Crippen LogP contribution in [0.1, 0.15) is 52.9 Å². The van der Waals surface area contributed by atoms with Crippen molar-refractivity contribution in [2.45, 2.75) is 70.7 Å². The standard InChI is InChI=1S/C19H29N3O4/c1-4-26-18(24)17(23)19(25)8-5-13(6-9-19)14-11-15(12(2)3)22-16(21-14)7-10-20-22/h10-13,16-17,23,25H,4-9H2,1-3H3. The molecule has 1 fully saturated rings. The van der Waals surface area contributed by atoms with Gasteiger partial charge in [-0.1, -0.05) is 13.8 Å². The van der Waals surface area contributed by atoms with Gasteiger partial charge in [-0.25, -0.2) is 9.80 Å². The number of aliphatic hydroxyl groups is 2. The van der Waals surface area contributed by atoms with E-state index in [4.69, 9.17) is 9.73 Å². The molecule has 0 aromatic rings. The Hall–Kier alpha value is -1.73. The van der Waals surface area contributed by atoms with Crippen LogP contribution in [-0.2, 0) is 9.53 Å². The lowest BCUT2D eigenvalue weighted by atomic mass is 9.74. The van der Waals surface area contributed by atoms with Crippen molar-refractivity contribution >= 4 is 17.9 Å². The van der Waals surface area contributed by atoms with Crippen LogP contribution in [0.15, 0.2) is 21.9 Å². The van der Waals surface area contributed by atoms with E-state index in [1.807, 2.05) is 11.2 Å². The van der Waals surface area contributed by atoms with Gasteiger partial charge in [-0.15, -0.1) is 0 Å². The molecule has 0 spiro atoms. The number of fused-ring (bicyclic) bond motifs is 1. The smallest absolute Gasteiger partial charge is 0.337 e. The minimum absolute atomic E-state index is 0.0401. The van der Waals surface area contributed by atoms with Crippen molar-refractivity contribution < 1.29 is 19.7 Å². The molecule has 0 radical (unpaired) electrons. The second-order valence-corrected chi connectivity index (χ2v) is 7.67. The lowest BCUT2D eigenvalue weighted by Gasteiger charge is -2.39. The van der Waals surface area contributed by atoms with E-state index in [9.17, 15) is 15.0 Å². The highest BCUT2D eigenvalue weighted by atomic mass is 16.5. The summed E-state index contributed by atoms with van der Waals surface area (Å²) in [6, 6.07) is 0. The molecule has 0 amide bonds. The van der Waals surface area contributed by atoms with E-state index in [1.165, 1.54) is 5.70 Å². The quantitative estimate of drug-likeness (QED) is 0.727. The molecule has 0 bridgehead atoms. The Morgan fingerprint density at radius 1 is 1.42 bits per heavy atom. The Bertz CT molecular complexity index is 633. The van der Waals surface area contributed by atoms with Gasteiger partial charge < -0.3 is 14.9 Å². The van der Waals surface area contributed by atoms with Crippen molar-refractivity contribution in [1.29, 1.82) is 0 Å². The summed E-state index contributed by atoms with van der Waals surface area (Å²) in [6.07, 6.45) is 5.46.